The van der Waals surface area contributed by atoms with E-state index in [1.165, 1.54) is 13.8 Å². The molecule has 8 N–H and O–H groups in total. The molecule has 1 fully saturated rings. The van der Waals surface area contributed by atoms with Crippen LogP contribution in [0.1, 0.15) is 40.0 Å². The van der Waals surface area contributed by atoms with Gasteiger partial charge in [-0.25, -0.2) is 0 Å². The first-order chi connectivity index (χ1) is 15.8. The van der Waals surface area contributed by atoms with Gasteiger partial charge in [-0.3, -0.25) is 19.2 Å². The lowest BCUT2D eigenvalue weighted by molar-refractivity contribution is -0.303. The molecule has 34 heavy (non-hydrogen) atoms. The minimum Gasteiger partial charge on any atom is -0.481 e. The molecule has 7 unspecified atom stereocenters. The Labute approximate surface area is 195 Å². The maximum atomic E-state index is 12.7. The summed E-state index contributed by atoms with van der Waals surface area (Å²) in [6.07, 6.45) is -10.3. The van der Waals surface area contributed by atoms with Crippen molar-refractivity contribution in [3.8, 4) is 0 Å². The average molecular weight is 494 g/mol. The van der Waals surface area contributed by atoms with Gasteiger partial charge in [0.2, 0.25) is 11.8 Å². The molecule has 0 radical (unpaired) electrons. The number of hydrogen-bond donors (Lipinski definition) is 8. The first kappa shape index (κ1) is 29.8. The number of Topliss-reactive ketones (excluding diaryl/α,β-unsaturated/α-hetero) is 1. The summed E-state index contributed by atoms with van der Waals surface area (Å²) in [6.45, 7) is 3.04. The second-order valence-electron chi connectivity index (χ2n) is 8.16. The molecule has 1 saturated heterocycles. The molecule has 0 spiro atoms. The Morgan fingerprint density at radius 2 is 1.62 bits per heavy atom. The number of ether oxygens (including phenoxy) is 2. The maximum absolute atomic E-state index is 12.7. The summed E-state index contributed by atoms with van der Waals surface area (Å²) >= 11 is 0. The fourth-order valence-corrected chi connectivity index (χ4v) is 3.30. The fraction of sp³-hybridized carbons (Fsp3) is 0.800. The molecule has 0 aromatic carbocycles. The molecule has 196 valence electrons. The molecule has 0 aromatic rings. The lowest BCUT2D eigenvalue weighted by Crippen LogP contribution is -2.61. The van der Waals surface area contributed by atoms with Crippen molar-refractivity contribution < 1.29 is 59.3 Å². The Morgan fingerprint density at radius 3 is 2.15 bits per heavy atom. The number of nitrogens with one attached hydrogen (secondary N) is 2. The Morgan fingerprint density at radius 1 is 1.00 bits per heavy atom. The van der Waals surface area contributed by atoms with E-state index in [9.17, 15) is 44.7 Å². The number of aliphatic hydroxyl groups is 5. The molecule has 0 bridgehead atoms. The number of ketones is 1. The third-order valence-electron chi connectivity index (χ3n) is 5.33. The van der Waals surface area contributed by atoms with Crippen molar-refractivity contribution in [3.63, 3.8) is 0 Å². The number of amides is 2. The average Bonchev–Trinajstić information content (AvgIpc) is 2.76. The van der Waals surface area contributed by atoms with Crippen molar-refractivity contribution >= 4 is 23.6 Å². The second-order valence-corrected chi connectivity index (χ2v) is 8.16. The normalized spacial score (nSPS) is 28.3. The van der Waals surface area contributed by atoms with Crippen molar-refractivity contribution in [1.82, 2.24) is 10.6 Å². The summed E-state index contributed by atoms with van der Waals surface area (Å²) in [5.74, 6) is -3.49. The highest BCUT2D eigenvalue weighted by molar-refractivity contribution is 5.92. The number of rotatable bonds is 13. The molecule has 0 aliphatic carbocycles. The molecule has 14 nitrogen and oxygen atoms in total. The quantitative estimate of drug-likeness (QED) is 0.124. The molecular weight excluding hydrogens is 460 g/mol. The van der Waals surface area contributed by atoms with Gasteiger partial charge in [-0.15, -0.1) is 0 Å². The van der Waals surface area contributed by atoms with Gasteiger partial charge in [0.1, 0.15) is 36.5 Å². The molecule has 0 saturated carbocycles. The standard InChI is InChI=1S/C20H34N2O12/c1-8(24)14(9(2)33-20-18(31)17(30)16(29)10(3)34-20)22-19(32)15(11(25)7-23)21-12(26)5-4-6-13(27)28/h9-11,14-18,20,23,25,29-31H,4-7H2,1-3H3,(H,21,26)(H,22,32)(H,27,28)/t9?,10?,11?,14?,15?,16-,17?,18?,20-/m1/s1. The number of carbonyl (C=O) groups excluding carboxylic acids is 3. The Balaban J connectivity index is 2.87. The number of aliphatic hydroxyl groups excluding tert-OH is 5. The number of carboxylic acids is 1. The summed E-state index contributed by atoms with van der Waals surface area (Å²) in [5.41, 5.74) is 0. The van der Waals surface area contributed by atoms with Crippen LogP contribution in [0.15, 0.2) is 0 Å². The lowest BCUT2D eigenvalue weighted by Gasteiger charge is -2.40. The van der Waals surface area contributed by atoms with Crippen molar-refractivity contribution in [3.05, 3.63) is 0 Å². The van der Waals surface area contributed by atoms with Crippen LogP contribution in [0.3, 0.4) is 0 Å². The summed E-state index contributed by atoms with van der Waals surface area (Å²) in [5, 5.41) is 62.1. The maximum Gasteiger partial charge on any atom is 0.303 e. The summed E-state index contributed by atoms with van der Waals surface area (Å²) in [4.78, 5) is 47.5. The van der Waals surface area contributed by atoms with Crippen LogP contribution >= 0.6 is 0 Å². The first-order valence-electron chi connectivity index (χ1n) is 10.8. The van der Waals surface area contributed by atoms with Crippen molar-refractivity contribution in [2.75, 3.05) is 6.61 Å². The summed E-state index contributed by atoms with van der Waals surface area (Å²) in [6, 6.07) is -3.01. The molecule has 9 atom stereocenters. The Kier molecular flexibility index (Phi) is 12.0. The van der Waals surface area contributed by atoms with Crippen LogP contribution in [0.25, 0.3) is 0 Å². The van der Waals surface area contributed by atoms with E-state index in [4.69, 9.17) is 14.6 Å². The van der Waals surface area contributed by atoms with E-state index in [1.807, 2.05) is 0 Å². The van der Waals surface area contributed by atoms with Crippen LogP contribution in [0.4, 0.5) is 0 Å². The van der Waals surface area contributed by atoms with Crippen LogP contribution < -0.4 is 10.6 Å². The second kappa shape index (κ2) is 13.6. The Hall–Kier alpha value is -2.20. The predicted octanol–water partition coefficient (Wildman–Crippen LogP) is -3.61. The van der Waals surface area contributed by atoms with Gasteiger partial charge in [-0.2, -0.15) is 0 Å². The molecule has 1 aliphatic rings. The van der Waals surface area contributed by atoms with E-state index in [2.05, 4.69) is 10.6 Å². The number of carbonyl (C=O) groups is 4. The highest BCUT2D eigenvalue weighted by atomic mass is 16.7. The van der Waals surface area contributed by atoms with E-state index < -0.39 is 85.2 Å². The topological polar surface area (TPSA) is 232 Å². The molecular formula is C20H34N2O12. The van der Waals surface area contributed by atoms with E-state index >= 15 is 0 Å². The summed E-state index contributed by atoms with van der Waals surface area (Å²) < 4.78 is 10.8. The van der Waals surface area contributed by atoms with Gasteiger partial charge >= 0.3 is 5.97 Å². The smallest absolute Gasteiger partial charge is 0.303 e. The minimum absolute atomic E-state index is 0.0195. The van der Waals surface area contributed by atoms with E-state index in [0.29, 0.717) is 0 Å². The number of hydrogen-bond acceptors (Lipinski definition) is 11. The van der Waals surface area contributed by atoms with E-state index in [0.717, 1.165) is 6.92 Å². The monoisotopic (exact) mass is 494 g/mol. The largest absolute Gasteiger partial charge is 0.481 e. The molecule has 14 heteroatoms. The van der Waals surface area contributed by atoms with Gasteiger partial charge < -0.3 is 50.7 Å². The number of aliphatic carboxylic acids is 1. The predicted molar refractivity (Wildman–Crippen MR) is 112 cm³/mol. The molecule has 1 aliphatic heterocycles. The zero-order valence-electron chi connectivity index (χ0n) is 19.2. The SMILES string of the molecule is CC(=O)C(NC(=O)C(NC(=O)CCCC(=O)O)C(O)CO)C(C)O[C@@H]1OC(C)[C@@H](O)C(O)C1O. The number of carboxylic acid groups (broad SMARTS) is 1. The molecule has 2 amide bonds. The van der Waals surface area contributed by atoms with Gasteiger partial charge in [-0.05, 0) is 27.2 Å². The lowest BCUT2D eigenvalue weighted by atomic mass is 9.99. The van der Waals surface area contributed by atoms with Gasteiger partial charge in [0, 0.05) is 12.8 Å². The van der Waals surface area contributed by atoms with Gasteiger partial charge in [-0.1, -0.05) is 0 Å². The molecule has 0 aromatic heterocycles. The van der Waals surface area contributed by atoms with Crippen LogP contribution in [0, 0.1) is 0 Å². The zero-order chi connectivity index (χ0) is 26.2. The Bertz CT molecular complexity index is 720. The molecule has 1 heterocycles. The zero-order valence-corrected chi connectivity index (χ0v) is 19.2. The molecule has 1 rings (SSSR count). The van der Waals surface area contributed by atoms with E-state index in [-0.39, 0.29) is 19.3 Å². The highest BCUT2D eigenvalue weighted by Gasteiger charge is 2.44. The van der Waals surface area contributed by atoms with Gasteiger partial charge in [0.25, 0.3) is 0 Å². The van der Waals surface area contributed by atoms with Crippen molar-refractivity contribution in [2.45, 2.75) is 95.0 Å². The van der Waals surface area contributed by atoms with Crippen LogP contribution in [0.5, 0.6) is 0 Å². The summed E-state index contributed by atoms with van der Waals surface area (Å²) in [7, 11) is 0. The minimum atomic E-state index is -1.73. The fourth-order valence-electron chi connectivity index (χ4n) is 3.30. The van der Waals surface area contributed by atoms with Crippen molar-refractivity contribution in [2.24, 2.45) is 0 Å². The van der Waals surface area contributed by atoms with Crippen molar-refractivity contribution in [1.29, 1.82) is 0 Å². The van der Waals surface area contributed by atoms with Gasteiger partial charge in [0.15, 0.2) is 12.1 Å². The van der Waals surface area contributed by atoms with Crippen LogP contribution in [-0.2, 0) is 28.7 Å². The first-order valence-corrected chi connectivity index (χ1v) is 10.8. The van der Waals surface area contributed by atoms with Crippen LogP contribution in [-0.4, -0.2) is 116 Å². The van der Waals surface area contributed by atoms with Gasteiger partial charge in [0.05, 0.1) is 18.8 Å². The highest BCUT2D eigenvalue weighted by Crippen LogP contribution is 2.23. The third kappa shape index (κ3) is 8.54. The third-order valence-corrected chi connectivity index (χ3v) is 5.33. The van der Waals surface area contributed by atoms with E-state index in [1.54, 1.807) is 0 Å². The van der Waals surface area contributed by atoms with Crippen LogP contribution in [0.2, 0.25) is 0 Å².